The van der Waals surface area contributed by atoms with Gasteiger partial charge in [-0.2, -0.15) is 0 Å². The van der Waals surface area contributed by atoms with Gasteiger partial charge in [-0.25, -0.2) is 0 Å². The molecule has 0 bridgehead atoms. The number of aryl methyl sites for hydroxylation is 2. The van der Waals surface area contributed by atoms with E-state index in [4.69, 9.17) is 4.42 Å². The van der Waals surface area contributed by atoms with Crippen molar-refractivity contribution in [3.05, 3.63) is 99.0 Å². The average molecular weight is 418 g/mol. The maximum absolute atomic E-state index is 13.0. The molecule has 1 N–H and O–H groups in total. The van der Waals surface area contributed by atoms with Crippen molar-refractivity contribution in [2.24, 2.45) is 0 Å². The van der Waals surface area contributed by atoms with E-state index in [2.05, 4.69) is 0 Å². The molecule has 156 valence electrons. The minimum absolute atomic E-state index is 0.145. The van der Waals surface area contributed by atoms with Gasteiger partial charge in [0.2, 0.25) is 0 Å². The maximum Gasteiger partial charge on any atom is 0.300 e. The molecular formula is C23H18N2O6. The van der Waals surface area contributed by atoms with Crippen LogP contribution in [0.3, 0.4) is 0 Å². The second kappa shape index (κ2) is 7.56. The highest BCUT2D eigenvalue weighted by Crippen LogP contribution is 2.42. The first-order valence-electron chi connectivity index (χ1n) is 9.47. The lowest BCUT2D eigenvalue weighted by Crippen LogP contribution is -2.29. The molecule has 8 heteroatoms. The summed E-state index contributed by atoms with van der Waals surface area (Å²) in [6.07, 6.45) is 0. The van der Waals surface area contributed by atoms with Gasteiger partial charge in [0.05, 0.1) is 10.5 Å². The normalized spacial score (nSPS) is 17.9. The van der Waals surface area contributed by atoms with Crippen molar-refractivity contribution in [1.29, 1.82) is 0 Å². The molecule has 2 aromatic carbocycles. The molecule has 1 unspecified atom stereocenters. The smallest absolute Gasteiger partial charge is 0.300 e. The van der Waals surface area contributed by atoms with E-state index < -0.39 is 28.4 Å². The van der Waals surface area contributed by atoms with Crippen molar-refractivity contribution in [2.75, 3.05) is 4.90 Å². The molecule has 1 aliphatic heterocycles. The van der Waals surface area contributed by atoms with Crippen molar-refractivity contribution in [2.45, 2.75) is 19.9 Å². The SMILES string of the molecule is Cc1ccc(N2C(=O)C(=O)/C(=C(\O)c3ccc([N+](=O)[O-])cc3)C2c2ccc(C)o2)cc1. The van der Waals surface area contributed by atoms with Crippen LogP contribution < -0.4 is 4.90 Å². The number of hydrogen-bond acceptors (Lipinski definition) is 6. The fourth-order valence-corrected chi connectivity index (χ4v) is 3.57. The number of nitro groups is 1. The van der Waals surface area contributed by atoms with Crippen LogP contribution in [0.1, 0.15) is 28.7 Å². The van der Waals surface area contributed by atoms with Gasteiger partial charge in [-0.3, -0.25) is 24.6 Å². The second-order valence-corrected chi connectivity index (χ2v) is 7.26. The lowest BCUT2D eigenvalue weighted by Gasteiger charge is -2.23. The summed E-state index contributed by atoms with van der Waals surface area (Å²) in [5.41, 5.74) is 1.34. The van der Waals surface area contributed by atoms with Crippen LogP contribution in [0.2, 0.25) is 0 Å². The van der Waals surface area contributed by atoms with E-state index in [9.17, 15) is 24.8 Å². The van der Waals surface area contributed by atoms with Crippen LogP contribution in [0, 0.1) is 24.0 Å². The Morgan fingerprint density at radius 1 is 1.00 bits per heavy atom. The van der Waals surface area contributed by atoms with Gasteiger partial charge >= 0.3 is 0 Å². The van der Waals surface area contributed by atoms with Crippen LogP contribution in [0.5, 0.6) is 0 Å². The molecule has 1 atom stereocenters. The number of aliphatic hydroxyl groups is 1. The van der Waals surface area contributed by atoms with Crippen molar-refractivity contribution in [1.82, 2.24) is 0 Å². The van der Waals surface area contributed by atoms with Crippen LogP contribution in [0.15, 0.2) is 70.7 Å². The summed E-state index contributed by atoms with van der Waals surface area (Å²) in [6, 6.07) is 14.5. The third kappa shape index (κ3) is 3.48. The van der Waals surface area contributed by atoms with Crippen molar-refractivity contribution in [3.63, 3.8) is 0 Å². The number of benzene rings is 2. The number of carbonyl (C=O) groups excluding carboxylic acids is 2. The number of anilines is 1. The second-order valence-electron chi connectivity index (χ2n) is 7.26. The van der Waals surface area contributed by atoms with Crippen LogP contribution in [-0.4, -0.2) is 21.7 Å². The first kappa shape index (κ1) is 20.1. The largest absolute Gasteiger partial charge is 0.507 e. The van der Waals surface area contributed by atoms with Gasteiger partial charge in [-0.05, 0) is 50.2 Å². The quantitative estimate of drug-likeness (QED) is 0.220. The van der Waals surface area contributed by atoms with E-state index in [1.54, 1.807) is 31.2 Å². The predicted molar refractivity (Wildman–Crippen MR) is 113 cm³/mol. The lowest BCUT2D eigenvalue weighted by atomic mass is 9.99. The van der Waals surface area contributed by atoms with Crippen LogP contribution >= 0.6 is 0 Å². The van der Waals surface area contributed by atoms with Gasteiger partial charge < -0.3 is 9.52 Å². The molecule has 1 saturated heterocycles. The molecule has 0 radical (unpaired) electrons. The van der Waals surface area contributed by atoms with Gasteiger partial charge in [-0.15, -0.1) is 0 Å². The number of non-ortho nitro benzene ring substituents is 1. The molecule has 1 fully saturated rings. The Morgan fingerprint density at radius 2 is 1.65 bits per heavy atom. The minimum Gasteiger partial charge on any atom is -0.507 e. The topological polar surface area (TPSA) is 114 Å². The van der Waals surface area contributed by atoms with E-state index in [1.165, 1.54) is 29.2 Å². The van der Waals surface area contributed by atoms with Crippen LogP contribution in [0.25, 0.3) is 5.76 Å². The van der Waals surface area contributed by atoms with Gasteiger partial charge in [0.15, 0.2) is 0 Å². The Labute approximate surface area is 177 Å². The number of nitrogens with zero attached hydrogens (tertiary/aromatic N) is 2. The van der Waals surface area contributed by atoms with E-state index >= 15 is 0 Å². The highest BCUT2D eigenvalue weighted by Gasteiger charge is 2.48. The monoisotopic (exact) mass is 418 g/mol. The number of hydrogen-bond donors (Lipinski definition) is 1. The van der Waals surface area contributed by atoms with E-state index in [0.29, 0.717) is 17.2 Å². The Bertz CT molecular complexity index is 1220. The first-order chi connectivity index (χ1) is 14.8. The minimum atomic E-state index is -0.980. The van der Waals surface area contributed by atoms with E-state index in [1.807, 2.05) is 19.1 Å². The van der Waals surface area contributed by atoms with Crippen molar-refractivity contribution in [3.8, 4) is 0 Å². The third-order valence-electron chi connectivity index (χ3n) is 5.14. The molecule has 0 spiro atoms. The third-order valence-corrected chi connectivity index (χ3v) is 5.14. The van der Waals surface area contributed by atoms with Crippen LogP contribution in [-0.2, 0) is 9.59 Å². The molecule has 8 nitrogen and oxygen atoms in total. The summed E-state index contributed by atoms with van der Waals surface area (Å²) in [6.45, 7) is 3.64. The number of aliphatic hydroxyl groups excluding tert-OH is 1. The molecule has 4 rings (SSSR count). The summed E-state index contributed by atoms with van der Waals surface area (Å²) in [7, 11) is 0. The maximum atomic E-state index is 13.0. The summed E-state index contributed by atoms with van der Waals surface area (Å²) in [5.74, 6) is -1.19. The van der Waals surface area contributed by atoms with Crippen molar-refractivity contribution < 1.29 is 24.0 Å². The predicted octanol–water partition coefficient (Wildman–Crippen LogP) is 4.43. The fraction of sp³-hybridized carbons (Fsp3) is 0.130. The standard InChI is InChI=1S/C23H18N2O6/c1-13-3-8-16(9-4-13)24-20(18-12-5-14(2)31-18)19(22(27)23(24)28)21(26)15-6-10-17(11-7-15)25(29)30/h3-12,20,26H,1-2H3/b21-19-. The Morgan fingerprint density at radius 3 is 2.19 bits per heavy atom. The first-order valence-corrected chi connectivity index (χ1v) is 9.47. The molecule has 0 aliphatic carbocycles. The number of furan rings is 1. The molecule has 2 heterocycles. The van der Waals surface area contributed by atoms with Gasteiger partial charge in [0.25, 0.3) is 17.4 Å². The zero-order valence-corrected chi connectivity index (χ0v) is 16.7. The zero-order chi connectivity index (χ0) is 22.3. The number of nitro benzene ring substituents is 1. The molecule has 0 saturated carbocycles. The Kier molecular flexibility index (Phi) is 4.90. The summed E-state index contributed by atoms with van der Waals surface area (Å²) < 4.78 is 5.73. The Balaban J connectivity index is 1.89. The summed E-state index contributed by atoms with van der Waals surface area (Å²) >= 11 is 0. The number of rotatable bonds is 4. The highest BCUT2D eigenvalue weighted by atomic mass is 16.6. The Hall–Kier alpha value is -4.20. The molecular weight excluding hydrogens is 400 g/mol. The number of amides is 1. The molecule has 1 amide bonds. The molecule has 31 heavy (non-hydrogen) atoms. The van der Waals surface area contributed by atoms with Gasteiger partial charge in [0, 0.05) is 23.4 Å². The summed E-state index contributed by atoms with van der Waals surface area (Å²) in [4.78, 5) is 37.6. The highest BCUT2D eigenvalue weighted by molar-refractivity contribution is 6.51. The lowest BCUT2D eigenvalue weighted by molar-refractivity contribution is -0.384. The molecule has 1 aromatic heterocycles. The molecule has 1 aliphatic rings. The fourth-order valence-electron chi connectivity index (χ4n) is 3.57. The summed E-state index contributed by atoms with van der Waals surface area (Å²) in [5, 5.41) is 21.9. The number of carbonyl (C=O) groups is 2. The number of Topliss-reactive ketones (excluding diaryl/α,β-unsaturated/α-hetero) is 1. The average Bonchev–Trinajstić information content (AvgIpc) is 3.29. The van der Waals surface area contributed by atoms with E-state index in [-0.39, 0.29) is 16.8 Å². The molecule has 3 aromatic rings. The van der Waals surface area contributed by atoms with Gasteiger partial charge in [-0.1, -0.05) is 17.7 Å². The van der Waals surface area contributed by atoms with Crippen molar-refractivity contribution >= 4 is 28.8 Å². The van der Waals surface area contributed by atoms with E-state index in [0.717, 1.165) is 5.56 Å². The number of ketones is 1. The zero-order valence-electron chi connectivity index (χ0n) is 16.7. The van der Waals surface area contributed by atoms with Gasteiger partial charge in [0.1, 0.15) is 23.3 Å². The van der Waals surface area contributed by atoms with Crippen LogP contribution in [0.4, 0.5) is 11.4 Å².